The van der Waals surface area contributed by atoms with Crippen LogP contribution in [-0.4, -0.2) is 67.2 Å². The third-order valence-electron chi connectivity index (χ3n) is 7.12. The fourth-order valence-electron chi connectivity index (χ4n) is 5.01. The number of likely N-dealkylation sites (tertiary alicyclic amines) is 1. The van der Waals surface area contributed by atoms with Gasteiger partial charge >= 0.3 is 0 Å². The highest BCUT2D eigenvalue weighted by molar-refractivity contribution is 6.33. The molecule has 1 fully saturated rings. The summed E-state index contributed by atoms with van der Waals surface area (Å²) >= 11 is 6.17. The number of nitrogens with one attached hydrogen (secondary N) is 3. The number of methoxy groups -OCH3 is 1. The van der Waals surface area contributed by atoms with Crippen LogP contribution in [0.15, 0.2) is 42.6 Å². The van der Waals surface area contributed by atoms with Gasteiger partial charge in [-0.1, -0.05) is 18.0 Å². The number of anilines is 2. The molecule has 1 saturated heterocycles. The van der Waals surface area contributed by atoms with Crippen molar-refractivity contribution in [1.82, 2.24) is 15.2 Å². The second-order valence-electron chi connectivity index (χ2n) is 9.88. The molecule has 2 aromatic carbocycles. The Kier molecular flexibility index (Phi) is 10.1. The number of piperidine rings is 1. The van der Waals surface area contributed by atoms with E-state index in [1.165, 1.54) is 0 Å². The average molecular weight is 556 g/mol. The fraction of sp³-hybridized carbons (Fsp3) is 0.448. The molecule has 0 spiro atoms. The maximum atomic E-state index is 13.1. The summed E-state index contributed by atoms with van der Waals surface area (Å²) < 4.78 is 11.3. The molecule has 5 N–H and O–H groups in total. The third-order valence-corrected chi connectivity index (χ3v) is 7.45. The molecule has 1 aliphatic heterocycles. The number of aromatic amines is 1. The van der Waals surface area contributed by atoms with Crippen LogP contribution in [0.3, 0.4) is 0 Å². The molecule has 0 radical (unpaired) electrons. The first-order valence-corrected chi connectivity index (χ1v) is 13.9. The van der Waals surface area contributed by atoms with E-state index in [2.05, 4.69) is 20.5 Å². The number of nitrogens with zero attached hydrogens (tertiary/aromatic N) is 1. The Morgan fingerprint density at radius 2 is 2.03 bits per heavy atom. The number of hydrogen-bond acceptors (Lipinski definition) is 6. The Bertz CT molecular complexity index is 1280. The van der Waals surface area contributed by atoms with Gasteiger partial charge in [-0.25, -0.2) is 0 Å². The molecule has 10 heteroatoms. The van der Waals surface area contributed by atoms with Crippen molar-refractivity contribution in [2.24, 2.45) is 0 Å². The van der Waals surface area contributed by atoms with E-state index in [1.807, 2.05) is 37.4 Å². The second-order valence-corrected chi connectivity index (χ2v) is 10.3. The predicted octanol–water partition coefficient (Wildman–Crippen LogP) is 4.82. The highest BCUT2D eigenvalue weighted by Crippen LogP contribution is 2.29. The number of amides is 2. The van der Waals surface area contributed by atoms with E-state index in [0.29, 0.717) is 35.1 Å². The van der Waals surface area contributed by atoms with Crippen molar-refractivity contribution < 1.29 is 19.1 Å². The molecule has 1 aliphatic rings. The number of carbonyl (C=O) groups excluding carboxylic acids is 2. The summed E-state index contributed by atoms with van der Waals surface area (Å²) in [6.07, 6.45) is 5.83. The number of aromatic nitrogens is 1. The number of halogens is 1. The first-order valence-electron chi connectivity index (χ1n) is 13.5. The van der Waals surface area contributed by atoms with Crippen molar-refractivity contribution >= 4 is 45.7 Å². The van der Waals surface area contributed by atoms with Crippen LogP contribution >= 0.6 is 11.6 Å². The number of H-pyrrole nitrogens is 1. The van der Waals surface area contributed by atoms with E-state index in [-0.39, 0.29) is 24.0 Å². The lowest BCUT2D eigenvalue weighted by Gasteiger charge is -2.38. The van der Waals surface area contributed by atoms with Crippen molar-refractivity contribution in [1.29, 1.82) is 0 Å². The Morgan fingerprint density at radius 3 is 2.82 bits per heavy atom. The van der Waals surface area contributed by atoms with Crippen molar-refractivity contribution in [2.75, 3.05) is 44.4 Å². The smallest absolute Gasteiger partial charge is 0.255 e. The number of carbonyl (C=O) groups is 2. The minimum absolute atomic E-state index is 0.0378. The number of unbranched alkanes of at least 4 members (excludes halogenated alkanes) is 2. The van der Waals surface area contributed by atoms with E-state index in [9.17, 15) is 9.59 Å². The zero-order chi connectivity index (χ0) is 27.8. The van der Waals surface area contributed by atoms with Gasteiger partial charge in [0, 0.05) is 55.5 Å². The van der Waals surface area contributed by atoms with Gasteiger partial charge in [-0.3, -0.25) is 9.59 Å². The van der Waals surface area contributed by atoms with E-state index < -0.39 is 0 Å². The van der Waals surface area contributed by atoms with E-state index in [4.69, 9.17) is 26.8 Å². The molecular formula is C29H38ClN5O4. The molecule has 3 aromatic rings. The molecular weight excluding hydrogens is 518 g/mol. The molecule has 210 valence electrons. The minimum Gasteiger partial charge on any atom is -0.493 e. The number of ether oxygens (including phenoxy) is 2. The van der Waals surface area contributed by atoms with Crippen LogP contribution in [0.25, 0.3) is 10.9 Å². The first-order chi connectivity index (χ1) is 18.9. The summed E-state index contributed by atoms with van der Waals surface area (Å²) in [6, 6.07) is 10.9. The monoisotopic (exact) mass is 555 g/mol. The van der Waals surface area contributed by atoms with E-state index in [0.717, 1.165) is 61.9 Å². The van der Waals surface area contributed by atoms with Crippen LogP contribution in [0.2, 0.25) is 5.02 Å². The third kappa shape index (κ3) is 7.65. The van der Waals surface area contributed by atoms with Crippen molar-refractivity contribution in [3.8, 4) is 5.75 Å². The molecule has 2 heterocycles. The molecule has 2 amide bonds. The van der Waals surface area contributed by atoms with Gasteiger partial charge in [-0.15, -0.1) is 0 Å². The topological polar surface area (TPSA) is 122 Å². The number of benzene rings is 2. The van der Waals surface area contributed by atoms with Crippen LogP contribution in [0, 0.1) is 0 Å². The molecule has 2 atom stereocenters. The zero-order valence-corrected chi connectivity index (χ0v) is 23.4. The number of rotatable bonds is 12. The van der Waals surface area contributed by atoms with Gasteiger partial charge in [0.1, 0.15) is 5.75 Å². The van der Waals surface area contributed by atoms with Gasteiger partial charge in [-0.2, -0.15) is 0 Å². The highest BCUT2D eigenvalue weighted by atomic mass is 35.5. The summed E-state index contributed by atoms with van der Waals surface area (Å²) in [5, 5.41) is 7.49. The highest BCUT2D eigenvalue weighted by Gasteiger charge is 2.31. The van der Waals surface area contributed by atoms with Crippen LogP contribution in [0.1, 0.15) is 49.4 Å². The Labute approximate surface area is 234 Å². The summed E-state index contributed by atoms with van der Waals surface area (Å²) in [4.78, 5) is 30.9. The van der Waals surface area contributed by atoms with Gasteiger partial charge in [0.2, 0.25) is 5.91 Å². The van der Waals surface area contributed by atoms with Gasteiger partial charge in [0.15, 0.2) is 0 Å². The summed E-state index contributed by atoms with van der Waals surface area (Å²) in [6.45, 7) is 4.77. The number of nitrogen functional groups attached to an aromatic ring is 1. The van der Waals surface area contributed by atoms with Crippen molar-refractivity contribution in [2.45, 2.75) is 51.2 Å². The van der Waals surface area contributed by atoms with Crippen LogP contribution in [0.5, 0.6) is 5.75 Å². The summed E-state index contributed by atoms with van der Waals surface area (Å²) in [5.41, 5.74) is 8.50. The molecule has 9 nitrogen and oxygen atoms in total. The lowest BCUT2D eigenvalue weighted by Crippen LogP contribution is -2.54. The lowest BCUT2D eigenvalue weighted by molar-refractivity contribution is -0.116. The van der Waals surface area contributed by atoms with E-state index in [1.54, 1.807) is 19.2 Å². The lowest BCUT2D eigenvalue weighted by atomic mass is 10.00. The summed E-state index contributed by atoms with van der Waals surface area (Å²) in [5.74, 6) is 0.196. The number of nitrogens with two attached hydrogens (primary N) is 1. The average Bonchev–Trinajstić information content (AvgIpc) is 3.39. The van der Waals surface area contributed by atoms with Crippen LogP contribution < -0.4 is 21.1 Å². The Hall–Kier alpha value is -3.27. The van der Waals surface area contributed by atoms with Crippen LogP contribution in [-0.2, 0) is 9.53 Å². The van der Waals surface area contributed by atoms with E-state index >= 15 is 0 Å². The Morgan fingerprint density at radius 1 is 1.18 bits per heavy atom. The second kappa shape index (κ2) is 13.7. The molecule has 0 saturated carbocycles. The molecule has 0 bridgehead atoms. The Balaban J connectivity index is 1.18. The molecule has 1 aromatic heterocycles. The van der Waals surface area contributed by atoms with Gasteiger partial charge in [0.05, 0.1) is 35.0 Å². The minimum atomic E-state index is -0.257. The first kappa shape index (κ1) is 28.7. The van der Waals surface area contributed by atoms with Crippen molar-refractivity contribution in [3.63, 3.8) is 0 Å². The van der Waals surface area contributed by atoms with Gasteiger partial charge in [-0.05, 0) is 63.1 Å². The fourth-order valence-corrected chi connectivity index (χ4v) is 5.17. The van der Waals surface area contributed by atoms with Gasteiger partial charge in [0.25, 0.3) is 5.91 Å². The molecule has 39 heavy (non-hydrogen) atoms. The molecule has 0 aliphatic carbocycles. The molecule has 2 unspecified atom stereocenters. The SMILES string of the molecule is CCOc1cc(N)c(Cl)cc1C(=O)NC1CCN(CCCCCC(=O)Nc2ccc3[nH]ccc3c2)CC1OC. The number of hydrogen-bond donors (Lipinski definition) is 4. The zero-order valence-electron chi connectivity index (χ0n) is 22.6. The van der Waals surface area contributed by atoms with Gasteiger partial charge < -0.3 is 35.7 Å². The molecule has 4 rings (SSSR count). The van der Waals surface area contributed by atoms with Crippen molar-refractivity contribution in [3.05, 3.63) is 53.2 Å². The maximum Gasteiger partial charge on any atom is 0.255 e. The normalized spacial score (nSPS) is 17.7. The summed E-state index contributed by atoms with van der Waals surface area (Å²) in [7, 11) is 1.67. The standard InChI is InChI=1S/C29H38ClN5O4/c1-3-39-26-17-23(31)22(30)16-21(26)29(37)34-25-11-14-35(18-27(25)38-2)13-6-4-5-7-28(36)33-20-8-9-24-19(15-20)10-12-32-24/h8-10,12,15-17,25,27,32H,3-7,11,13-14,18,31H2,1-2H3,(H,33,36)(H,34,37). The maximum absolute atomic E-state index is 13.1. The number of fused-ring (bicyclic) bond motifs is 1. The largest absolute Gasteiger partial charge is 0.493 e. The van der Waals surface area contributed by atoms with Crippen LogP contribution in [0.4, 0.5) is 11.4 Å². The predicted molar refractivity (Wildman–Crippen MR) is 156 cm³/mol. The quantitative estimate of drug-likeness (QED) is 0.188.